The van der Waals surface area contributed by atoms with Crippen LogP contribution in [0.15, 0.2) is 48.5 Å². The lowest BCUT2D eigenvalue weighted by molar-refractivity contribution is 0.101. The van der Waals surface area contributed by atoms with Crippen molar-refractivity contribution in [3.05, 3.63) is 54.1 Å². The third-order valence-electron chi connectivity index (χ3n) is 3.03. The van der Waals surface area contributed by atoms with E-state index in [0.717, 1.165) is 28.9 Å². The fraction of sp³-hybridized carbons (Fsp3) is 0.235. The maximum absolute atomic E-state index is 11.2. The number of hydrogen-bond acceptors (Lipinski definition) is 2. The number of carbonyl (C=O) groups excluding carboxylic acids is 1. The highest BCUT2D eigenvalue weighted by atomic mass is 35.5. The third kappa shape index (κ3) is 3.84. The first-order valence-corrected chi connectivity index (χ1v) is 7.14. The number of halogens is 1. The van der Waals surface area contributed by atoms with Crippen molar-refractivity contribution in [2.24, 2.45) is 0 Å². The molecule has 0 aliphatic carbocycles. The van der Waals surface area contributed by atoms with E-state index in [1.54, 1.807) is 6.92 Å². The smallest absolute Gasteiger partial charge is 0.159 e. The molecule has 0 aliphatic rings. The van der Waals surface area contributed by atoms with Gasteiger partial charge in [-0.15, -0.1) is 11.6 Å². The normalized spacial score (nSPS) is 10.3. The molecule has 0 saturated heterocycles. The zero-order valence-electron chi connectivity index (χ0n) is 11.4. The summed E-state index contributed by atoms with van der Waals surface area (Å²) in [6.07, 6.45) is 0.843. The van der Waals surface area contributed by atoms with E-state index in [0.29, 0.717) is 12.5 Å². The predicted octanol–water partition coefficient (Wildman–Crippen LogP) is 4.56. The van der Waals surface area contributed by atoms with E-state index < -0.39 is 0 Å². The predicted molar refractivity (Wildman–Crippen MR) is 82.7 cm³/mol. The van der Waals surface area contributed by atoms with Gasteiger partial charge in [-0.3, -0.25) is 4.79 Å². The maximum atomic E-state index is 11.2. The van der Waals surface area contributed by atoms with Crippen LogP contribution < -0.4 is 4.74 Å². The quantitative estimate of drug-likeness (QED) is 0.442. The first-order valence-electron chi connectivity index (χ1n) is 6.61. The van der Waals surface area contributed by atoms with Gasteiger partial charge in [0, 0.05) is 11.4 Å². The van der Waals surface area contributed by atoms with Gasteiger partial charge in [-0.1, -0.05) is 36.4 Å². The molecule has 0 aromatic heterocycles. The highest BCUT2D eigenvalue weighted by Crippen LogP contribution is 2.23. The first kappa shape index (κ1) is 14.6. The SMILES string of the molecule is CC(=O)c1ccc(-c2ccc(OCCCCl)cc2)cc1. The summed E-state index contributed by atoms with van der Waals surface area (Å²) >= 11 is 5.60. The Kier molecular flexibility index (Phi) is 5.19. The lowest BCUT2D eigenvalue weighted by Gasteiger charge is -2.07. The average Bonchev–Trinajstić information content (AvgIpc) is 2.48. The Hall–Kier alpha value is -1.80. The molecule has 0 bridgehead atoms. The largest absolute Gasteiger partial charge is 0.494 e. The number of ketones is 1. The Labute approximate surface area is 124 Å². The van der Waals surface area contributed by atoms with Gasteiger partial charge >= 0.3 is 0 Å². The van der Waals surface area contributed by atoms with E-state index in [9.17, 15) is 4.79 Å². The fourth-order valence-electron chi connectivity index (χ4n) is 1.89. The van der Waals surface area contributed by atoms with Crippen molar-refractivity contribution in [2.75, 3.05) is 12.5 Å². The van der Waals surface area contributed by atoms with Gasteiger partial charge in [0.1, 0.15) is 5.75 Å². The standard InChI is InChI=1S/C17H17ClO2/c1-13(19)14-3-5-15(6-4-14)16-7-9-17(10-8-16)20-12-2-11-18/h3-10H,2,11-12H2,1H3. The summed E-state index contributed by atoms with van der Waals surface area (Å²) in [5, 5.41) is 0. The maximum Gasteiger partial charge on any atom is 0.159 e. The highest BCUT2D eigenvalue weighted by molar-refractivity contribution is 6.17. The number of benzene rings is 2. The van der Waals surface area contributed by atoms with Gasteiger partial charge < -0.3 is 4.74 Å². The molecule has 0 unspecified atom stereocenters. The molecular weight excluding hydrogens is 272 g/mol. The zero-order chi connectivity index (χ0) is 14.4. The number of rotatable bonds is 6. The first-order chi connectivity index (χ1) is 9.70. The second-order valence-electron chi connectivity index (χ2n) is 4.55. The Morgan fingerprint density at radius 1 is 1.00 bits per heavy atom. The molecule has 0 saturated carbocycles. The summed E-state index contributed by atoms with van der Waals surface area (Å²) < 4.78 is 5.56. The van der Waals surface area contributed by atoms with Crippen molar-refractivity contribution in [1.82, 2.24) is 0 Å². The lowest BCUT2D eigenvalue weighted by atomic mass is 10.0. The lowest BCUT2D eigenvalue weighted by Crippen LogP contribution is -1.97. The number of ether oxygens (including phenoxy) is 1. The van der Waals surface area contributed by atoms with Crippen molar-refractivity contribution in [2.45, 2.75) is 13.3 Å². The molecular formula is C17H17ClO2. The van der Waals surface area contributed by atoms with Crippen LogP contribution in [0.4, 0.5) is 0 Å². The van der Waals surface area contributed by atoms with Gasteiger partial charge in [-0.25, -0.2) is 0 Å². The molecule has 0 amide bonds. The number of carbonyl (C=O) groups is 1. The van der Waals surface area contributed by atoms with Crippen LogP contribution in [0.3, 0.4) is 0 Å². The molecule has 0 radical (unpaired) electrons. The van der Waals surface area contributed by atoms with E-state index in [1.807, 2.05) is 48.5 Å². The Morgan fingerprint density at radius 2 is 1.55 bits per heavy atom. The van der Waals surface area contributed by atoms with Crippen LogP contribution in [-0.4, -0.2) is 18.3 Å². The Morgan fingerprint density at radius 3 is 2.05 bits per heavy atom. The molecule has 0 spiro atoms. The van der Waals surface area contributed by atoms with E-state index in [1.165, 1.54) is 0 Å². The molecule has 0 fully saturated rings. The van der Waals surface area contributed by atoms with E-state index in [-0.39, 0.29) is 5.78 Å². The summed E-state index contributed by atoms with van der Waals surface area (Å²) in [5.41, 5.74) is 2.92. The van der Waals surface area contributed by atoms with Crippen LogP contribution in [0.5, 0.6) is 5.75 Å². The zero-order valence-corrected chi connectivity index (χ0v) is 12.2. The second kappa shape index (κ2) is 7.11. The van der Waals surface area contributed by atoms with E-state index in [2.05, 4.69) is 0 Å². The highest BCUT2D eigenvalue weighted by Gasteiger charge is 2.01. The van der Waals surface area contributed by atoms with Gasteiger partial charge in [0.25, 0.3) is 0 Å². The van der Waals surface area contributed by atoms with Crippen molar-refractivity contribution < 1.29 is 9.53 Å². The van der Waals surface area contributed by atoms with Gasteiger partial charge in [0.15, 0.2) is 5.78 Å². The van der Waals surface area contributed by atoms with Crippen LogP contribution in [0.1, 0.15) is 23.7 Å². The van der Waals surface area contributed by atoms with Crippen molar-refractivity contribution >= 4 is 17.4 Å². The number of Topliss-reactive ketones (excluding diaryl/α,β-unsaturated/α-hetero) is 1. The summed E-state index contributed by atoms with van der Waals surface area (Å²) in [6, 6.07) is 15.5. The fourth-order valence-corrected chi connectivity index (χ4v) is 1.99. The molecule has 20 heavy (non-hydrogen) atoms. The average molecular weight is 289 g/mol. The molecule has 2 rings (SSSR count). The summed E-state index contributed by atoms with van der Waals surface area (Å²) in [7, 11) is 0. The number of hydrogen-bond donors (Lipinski definition) is 0. The molecule has 0 N–H and O–H groups in total. The summed E-state index contributed by atoms with van der Waals surface area (Å²) in [6.45, 7) is 2.21. The van der Waals surface area contributed by atoms with Crippen molar-refractivity contribution in [3.8, 4) is 16.9 Å². The third-order valence-corrected chi connectivity index (χ3v) is 3.29. The molecule has 0 heterocycles. The van der Waals surface area contributed by atoms with Gasteiger partial charge in [0.2, 0.25) is 0 Å². The summed E-state index contributed by atoms with van der Waals surface area (Å²) in [5.74, 6) is 1.54. The van der Waals surface area contributed by atoms with E-state index >= 15 is 0 Å². The molecule has 0 aliphatic heterocycles. The van der Waals surface area contributed by atoms with Gasteiger partial charge in [0.05, 0.1) is 6.61 Å². The van der Waals surface area contributed by atoms with Crippen LogP contribution in [0.2, 0.25) is 0 Å². The van der Waals surface area contributed by atoms with Crippen molar-refractivity contribution in [3.63, 3.8) is 0 Å². The molecule has 0 atom stereocenters. The monoisotopic (exact) mass is 288 g/mol. The molecule has 2 nitrogen and oxygen atoms in total. The second-order valence-corrected chi connectivity index (χ2v) is 4.93. The van der Waals surface area contributed by atoms with Crippen LogP contribution in [0.25, 0.3) is 11.1 Å². The van der Waals surface area contributed by atoms with Crippen LogP contribution >= 0.6 is 11.6 Å². The Balaban J connectivity index is 2.07. The summed E-state index contributed by atoms with van der Waals surface area (Å²) in [4.78, 5) is 11.2. The molecule has 2 aromatic rings. The molecule has 3 heteroatoms. The van der Waals surface area contributed by atoms with Crippen molar-refractivity contribution in [1.29, 1.82) is 0 Å². The van der Waals surface area contributed by atoms with E-state index in [4.69, 9.17) is 16.3 Å². The molecule has 104 valence electrons. The molecule has 2 aromatic carbocycles. The van der Waals surface area contributed by atoms with Gasteiger partial charge in [-0.05, 0) is 36.6 Å². The van der Waals surface area contributed by atoms with Crippen LogP contribution in [-0.2, 0) is 0 Å². The van der Waals surface area contributed by atoms with Crippen LogP contribution in [0, 0.1) is 0 Å². The topological polar surface area (TPSA) is 26.3 Å². The minimum Gasteiger partial charge on any atom is -0.494 e. The Bertz CT molecular complexity index is 559. The van der Waals surface area contributed by atoms with Gasteiger partial charge in [-0.2, -0.15) is 0 Å². The minimum atomic E-state index is 0.0830. The minimum absolute atomic E-state index is 0.0830. The number of alkyl halides is 1.